The summed E-state index contributed by atoms with van der Waals surface area (Å²) in [5.41, 5.74) is 1.51. The van der Waals surface area contributed by atoms with Gasteiger partial charge in [-0.15, -0.1) is 0 Å². The number of ether oxygens (including phenoxy) is 1. The van der Waals surface area contributed by atoms with Crippen molar-refractivity contribution in [2.24, 2.45) is 5.92 Å². The molecule has 2 amide bonds. The van der Waals surface area contributed by atoms with E-state index in [9.17, 15) is 4.79 Å². The number of nitrogens with one attached hydrogen (secondary N) is 1. The Bertz CT molecular complexity index is 553. The normalized spacial score (nSPS) is 22.0. The minimum absolute atomic E-state index is 0.106. The van der Waals surface area contributed by atoms with Gasteiger partial charge < -0.3 is 19.9 Å². The molecule has 1 fully saturated rings. The average molecular weight is 340 g/mol. The molecule has 1 heterocycles. The quantitative estimate of drug-likeness (QED) is 0.915. The van der Waals surface area contributed by atoms with E-state index in [0.29, 0.717) is 23.2 Å². The number of rotatable bonds is 4. The number of hydrogen-bond acceptors (Lipinski definition) is 3. The summed E-state index contributed by atoms with van der Waals surface area (Å²) >= 11 is 6.21. The molecule has 1 aliphatic heterocycles. The molecule has 0 saturated carbocycles. The standard InChI is InChI=1S/C17H26ClN3O2/c1-12-10-20(2)9-8-16(12)21(3)17(22)19-15-7-5-6-14(18)13(15)11-23-4/h5-7,12,16H,8-11H2,1-4H3,(H,19,22)/t12-,16-/m1/s1. The number of methoxy groups -OCH3 is 1. The van der Waals surface area contributed by atoms with E-state index in [2.05, 4.69) is 24.2 Å². The van der Waals surface area contributed by atoms with E-state index < -0.39 is 0 Å². The Morgan fingerprint density at radius 3 is 2.91 bits per heavy atom. The van der Waals surface area contributed by atoms with Crippen LogP contribution in [0.1, 0.15) is 18.9 Å². The van der Waals surface area contributed by atoms with E-state index in [-0.39, 0.29) is 12.1 Å². The van der Waals surface area contributed by atoms with Crippen molar-refractivity contribution in [3.8, 4) is 0 Å². The lowest BCUT2D eigenvalue weighted by molar-refractivity contribution is 0.113. The van der Waals surface area contributed by atoms with Gasteiger partial charge in [-0.25, -0.2) is 4.79 Å². The molecule has 1 saturated heterocycles. The number of urea groups is 1. The number of piperidine rings is 1. The van der Waals surface area contributed by atoms with Crippen LogP contribution in [0.2, 0.25) is 5.02 Å². The lowest BCUT2D eigenvalue weighted by Crippen LogP contribution is -2.50. The third-order valence-electron chi connectivity index (χ3n) is 4.53. The first-order valence-electron chi connectivity index (χ1n) is 7.92. The van der Waals surface area contributed by atoms with Gasteiger partial charge in [0.2, 0.25) is 0 Å². The van der Waals surface area contributed by atoms with Gasteiger partial charge in [-0.2, -0.15) is 0 Å². The number of likely N-dealkylation sites (tertiary alicyclic amines) is 1. The lowest BCUT2D eigenvalue weighted by atomic mass is 9.93. The van der Waals surface area contributed by atoms with Crippen LogP contribution in [0.5, 0.6) is 0 Å². The molecule has 1 aromatic carbocycles. The molecule has 128 valence electrons. The summed E-state index contributed by atoms with van der Waals surface area (Å²) in [5, 5.41) is 3.57. The SMILES string of the molecule is COCc1c(Cl)cccc1NC(=O)N(C)[C@@H]1CCN(C)C[C@H]1C. The molecule has 0 radical (unpaired) electrons. The number of hydrogen-bond donors (Lipinski definition) is 1. The highest BCUT2D eigenvalue weighted by atomic mass is 35.5. The first-order valence-corrected chi connectivity index (χ1v) is 8.30. The highest BCUT2D eigenvalue weighted by molar-refractivity contribution is 6.31. The van der Waals surface area contributed by atoms with E-state index >= 15 is 0 Å². The van der Waals surface area contributed by atoms with Crippen LogP contribution in [0.4, 0.5) is 10.5 Å². The average Bonchev–Trinajstić information content (AvgIpc) is 2.50. The summed E-state index contributed by atoms with van der Waals surface area (Å²) in [4.78, 5) is 16.7. The van der Waals surface area contributed by atoms with Crippen molar-refractivity contribution >= 4 is 23.3 Å². The third kappa shape index (κ3) is 4.37. The molecule has 1 aliphatic rings. The fourth-order valence-electron chi connectivity index (χ4n) is 3.24. The van der Waals surface area contributed by atoms with Crippen LogP contribution in [0.25, 0.3) is 0 Å². The summed E-state index contributed by atoms with van der Waals surface area (Å²) < 4.78 is 5.18. The highest BCUT2D eigenvalue weighted by Gasteiger charge is 2.30. The van der Waals surface area contributed by atoms with E-state index in [1.165, 1.54) is 0 Å². The monoisotopic (exact) mass is 339 g/mol. The first kappa shape index (κ1) is 18.0. The summed E-state index contributed by atoms with van der Waals surface area (Å²) in [6.07, 6.45) is 0.988. The van der Waals surface area contributed by atoms with Crippen LogP contribution in [0.3, 0.4) is 0 Å². The number of carbonyl (C=O) groups is 1. The Hall–Kier alpha value is -1.30. The second-order valence-corrected chi connectivity index (χ2v) is 6.74. The molecule has 1 N–H and O–H groups in total. The fraction of sp³-hybridized carbons (Fsp3) is 0.588. The van der Waals surface area contributed by atoms with Crippen LogP contribution in [0, 0.1) is 5.92 Å². The van der Waals surface area contributed by atoms with Crippen LogP contribution in [-0.4, -0.2) is 56.2 Å². The van der Waals surface area contributed by atoms with Gasteiger partial charge in [-0.3, -0.25) is 0 Å². The second kappa shape index (κ2) is 7.99. The molecule has 0 bridgehead atoms. The molecule has 2 atom stereocenters. The Labute approximate surface area is 143 Å². The number of anilines is 1. The van der Waals surface area contributed by atoms with E-state index in [0.717, 1.165) is 25.1 Å². The largest absolute Gasteiger partial charge is 0.380 e. The van der Waals surface area contributed by atoms with E-state index in [1.54, 1.807) is 13.2 Å². The Morgan fingerprint density at radius 2 is 2.26 bits per heavy atom. The Morgan fingerprint density at radius 1 is 1.52 bits per heavy atom. The van der Waals surface area contributed by atoms with Crippen LogP contribution in [-0.2, 0) is 11.3 Å². The maximum absolute atomic E-state index is 12.6. The molecule has 1 aromatic rings. The maximum Gasteiger partial charge on any atom is 0.321 e. The van der Waals surface area contributed by atoms with Gasteiger partial charge in [0.1, 0.15) is 0 Å². The van der Waals surface area contributed by atoms with Crippen LogP contribution >= 0.6 is 11.6 Å². The predicted octanol–water partition coefficient (Wildman–Crippen LogP) is 3.29. The highest BCUT2D eigenvalue weighted by Crippen LogP contribution is 2.26. The van der Waals surface area contributed by atoms with E-state index in [1.807, 2.05) is 24.1 Å². The van der Waals surface area contributed by atoms with E-state index in [4.69, 9.17) is 16.3 Å². The van der Waals surface area contributed by atoms with Crippen molar-refractivity contribution in [1.82, 2.24) is 9.80 Å². The molecule has 0 unspecified atom stereocenters. The first-order chi connectivity index (χ1) is 10.9. The zero-order valence-corrected chi connectivity index (χ0v) is 15.1. The second-order valence-electron chi connectivity index (χ2n) is 6.34. The lowest BCUT2D eigenvalue weighted by Gasteiger charge is -2.39. The van der Waals surface area contributed by atoms with Crippen molar-refractivity contribution in [2.45, 2.75) is 26.0 Å². The Kier molecular flexibility index (Phi) is 6.27. The molecular weight excluding hydrogens is 314 g/mol. The van der Waals surface area contributed by atoms with Gasteiger partial charge in [0.05, 0.1) is 6.61 Å². The fourth-order valence-corrected chi connectivity index (χ4v) is 3.47. The molecule has 5 nitrogen and oxygen atoms in total. The smallest absolute Gasteiger partial charge is 0.321 e. The number of carbonyl (C=O) groups excluding carboxylic acids is 1. The maximum atomic E-state index is 12.6. The molecular formula is C17H26ClN3O2. The van der Waals surface area contributed by atoms with Gasteiger partial charge in [0.15, 0.2) is 0 Å². The zero-order valence-electron chi connectivity index (χ0n) is 14.3. The van der Waals surface area contributed by atoms with Gasteiger partial charge in [-0.1, -0.05) is 24.6 Å². The zero-order chi connectivity index (χ0) is 17.0. The number of nitrogens with zero attached hydrogens (tertiary/aromatic N) is 2. The number of benzene rings is 1. The van der Waals surface area contributed by atoms with Crippen molar-refractivity contribution in [1.29, 1.82) is 0 Å². The molecule has 0 spiro atoms. The number of halogens is 1. The van der Waals surface area contributed by atoms with Crippen LogP contribution < -0.4 is 5.32 Å². The topological polar surface area (TPSA) is 44.8 Å². The molecule has 0 aliphatic carbocycles. The Balaban J connectivity index is 2.08. The predicted molar refractivity (Wildman–Crippen MR) is 94.0 cm³/mol. The summed E-state index contributed by atoms with van der Waals surface area (Å²) in [6.45, 7) is 4.58. The molecule has 23 heavy (non-hydrogen) atoms. The molecule has 6 heteroatoms. The van der Waals surface area contributed by atoms with Gasteiger partial charge >= 0.3 is 6.03 Å². The van der Waals surface area contributed by atoms with Crippen molar-refractivity contribution in [2.75, 3.05) is 39.6 Å². The third-order valence-corrected chi connectivity index (χ3v) is 4.88. The van der Waals surface area contributed by atoms with Gasteiger partial charge in [-0.05, 0) is 38.1 Å². The van der Waals surface area contributed by atoms with Gasteiger partial charge in [0, 0.05) is 43.0 Å². The van der Waals surface area contributed by atoms with Gasteiger partial charge in [0.25, 0.3) is 0 Å². The van der Waals surface area contributed by atoms with Crippen LogP contribution in [0.15, 0.2) is 18.2 Å². The molecule has 0 aromatic heterocycles. The van der Waals surface area contributed by atoms with Crippen molar-refractivity contribution < 1.29 is 9.53 Å². The minimum atomic E-state index is -0.106. The summed E-state index contributed by atoms with van der Waals surface area (Å²) in [6, 6.07) is 5.62. The van der Waals surface area contributed by atoms with Crippen molar-refractivity contribution in [3.05, 3.63) is 28.8 Å². The summed E-state index contributed by atoms with van der Waals surface area (Å²) in [7, 11) is 5.60. The minimum Gasteiger partial charge on any atom is -0.380 e. The number of amides is 2. The van der Waals surface area contributed by atoms with Crippen molar-refractivity contribution in [3.63, 3.8) is 0 Å². The molecule has 2 rings (SSSR count). The summed E-state index contributed by atoms with van der Waals surface area (Å²) in [5.74, 6) is 0.447.